The van der Waals surface area contributed by atoms with Gasteiger partial charge >= 0.3 is 6.18 Å². The Hall–Kier alpha value is -0.910. The van der Waals surface area contributed by atoms with Crippen LogP contribution in [0.3, 0.4) is 0 Å². The zero-order valence-electron chi connectivity index (χ0n) is 7.37. The molecule has 0 aliphatic heterocycles. The monoisotopic (exact) mass is 245 g/mol. The van der Waals surface area contributed by atoms with E-state index in [2.05, 4.69) is 4.98 Å². The van der Waals surface area contributed by atoms with Crippen LogP contribution >= 0.6 is 11.6 Å². The molecule has 1 nitrogen and oxygen atoms in total. The molecule has 0 spiro atoms. The first-order valence-corrected chi connectivity index (χ1v) is 4.13. The molecular weight excluding hydrogens is 241 g/mol. The van der Waals surface area contributed by atoms with Gasteiger partial charge in [0.05, 0.1) is 5.56 Å². The number of halogens is 6. The molecule has 15 heavy (non-hydrogen) atoms. The van der Waals surface area contributed by atoms with Crippen molar-refractivity contribution < 1.29 is 22.0 Å². The maximum absolute atomic E-state index is 12.3. The SMILES string of the molecule is Cc1cc(C(F)(F)F)nc(Cl)c1C(F)F. The summed E-state index contributed by atoms with van der Waals surface area (Å²) >= 11 is 5.24. The molecule has 0 atom stereocenters. The summed E-state index contributed by atoms with van der Waals surface area (Å²) in [6.07, 6.45) is -7.62. The van der Waals surface area contributed by atoms with E-state index in [-0.39, 0.29) is 5.56 Å². The zero-order valence-corrected chi connectivity index (χ0v) is 8.13. The Kier molecular flexibility index (Phi) is 3.18. The molecule has 0 unspecified atom stereocenters. The second-order valence-corrected chi connectivity index (χ2v) is 3.19. The second-order valence-electron chi connectivity index (χ2n) is 2.83. The number of hydrogen-bond acceptors (Lipinski definition) is 1. The number of pyridine rings is 1. The highest BCUT2D eigenvalue weighted by atomic mass is 35.5. The Morgan fingerprint density at radius 1 is 1.33 bits per heavy atom. The summed E-state index contributed by atoms with van der Waals surface area (Å²) in [5.41, 5.74) is -2.16. The molecule has 0 N–H and O–H groups in total. The summed E-state index contributed by atoms with van der Waals surface area (Å²) in [5.74, 6) is 0. The van der Waals surface area contributed by atoms with Gasteiger partial charge in [-0.25, -0.2) is 13.8 Å². The number of rotatable bonds is 1. The first-order valence-electron chi connectivity index (χ1n) is 3.76. The Morgan fingerprint density at radius 3 is 2.20 bits per heavy atom. The van der Waals surface area contributed by atoms with Gasteiger partial charge < -0.3 is 0 Å². The van der Waals surface area contributed by atoms with Crippen molar-refractivity contribution in [2.45, 2.75) is 19.5 Å². The van der Waals surface area contributed by atoms with Crippen LogP contribution < -0.4 is 0 Å². The van der Waals surface area contributed by atoms with Crippen molar-refractivity contribution in [1.29, 1.82) is 0 Å². The number of nitrogens with zero attached hydrogens (tertiary/aromatic N) is 1. The highest BCUT2D eigenvalue weighted by Crippen LogP contribution is 2.34. The smallest absolute Gasteiger partial charge is 0.231 e. The van der Waals surface area contributed by atoms with Gasteiger partial charge in [0, 0.05) is 0 Å². The van der Waals surface area contributed by atoms with Crippen LogP contribution in [0.2, 0.25) is 5.15 Å². The van der Waals surface area contributed by atoms with Crippen LogP contribution in [0.5, 0.6) is 0 Å². The van der Waals surface area contributed by atoms with Crippen LogP contribution in [0.25, 0.3) is 0 Å². The molecule has 0 radical (unpaired) electrons. The number of alkyl halides is 5. The van der Waals surface area contributed by atoms with Crippen molar-refractivity contribution in [1.82, 2.24) is 4.98 Å². The van der Waals surface area contributed by atoms with Gasteiger partial charge in [0.1, 0.15) is 10.8 Å². The summed E-state index contributed by atoms with van der Waals surface area (Å²) < 4.78 is 61.1. The lowest BCUT2D eigenvalue weighted by atomic mass is 10.1. The van der Waals surface area contributed by atoms with E-state index >= 15 is 0 Å². The fraction of sp³-hybridized carbons (Fsp3) is 0.375. The number of aromatic nitrogens is 1. The van der Waals surface area contributed by atoms with Gasteiger partial charge in [-0.05, 0) is 18.6 Å². The normalized spacial score (nSPS) is 12.3. The Balaban J connectivity index is 3.32. The predicted molar refractivity (Wildman–Crippen MR) is 43.9 cm³/mol. The van der Waals surface area contributed by atoms with Gasteiger partial charge in [-0.2, -0.15) is 13.2 Å². The lowest BCUT2D eigenvalue weighted by Gasteiger charge is -2.11. The standard InChI is InChI=1S/C8H5ClF5N/c1-3-2-4(8(12,13)14)15-6(9)5(3)7(10)11/h2,7H,1H3. The van der Waals surface area contributed by atoms with Crippen molar-refractivity contribution in [3.8, 4) is 0 Å². The van der Waals surface area contributed by atoms with E-state index in [1.807, 2.05) is 0 Å². The van der Waals surface area contributed by atoms with Crippen LogP contribution in [-0.4, -0.2) is 4.98 Å². The van der Waals surface area contributed by atoms with Gasteiger partial charge in [0.25, 0.3) is 6.43 Å². The molecule has 0 amide bonds. The summed E-state index contributed by atoms with van der Waals surface area (Å²) in [7, 11) is 0. The molecule has 0 aliphatic carbocycles. The Morgan fingerprint density at radius 2 is 1.87 bits per heavy atom. The van der Waals surface area contributed by atoms with Crippen LogP contribution in [0.4, 0.5) is 22.0 Å². The Bertz CT molecular complexity index is 351. The van der Waals surface area contributed by atoms with Crippen LogP contribution in [-0.2, 0) is 6.18 Å². The lowest BCUT2D eigenvalue weighted by Crippen LogP contribution is -2.10. The molecular formula is C8H5ClF5N. The van der Waals surface area contributed by atoms with Gasteiger partial charge in [-0.1, -0.05) is 11.6 Å². The fourth-order valence-electron chi connectivity index (χ4n) is 1.05. The largest absolute Gasteiger partial charge is 0.433 e. The van der Waals surface area contributed by atoms with Crippen molar-refractivity contribution in [2.75, 3.05) is 0 Å². The van der Waals surface area contributed by atoms with E-state index in [4.69, 9.17) is 11.6 Å². The minimum Gasteiger partial charge on any atom is -0.231 e. The van der Waals surface area contributed by atoms with E-state index in [1.54, 1.807) is 0 Å². The maximum Gasteiger partial charge on any atom is 0.433 e. The predicted octanol–water partition coefficient (Wildman–Crippen LogP) is 4.00. The molecule has 0 bridgehead atoms. The summed E-state index contributed by atoms with van der Waals surface area (Å²) in [5, 5.41) is -0.808. The molecule has 1 aromatic heterocycles. The van der Waals surface area contributed by atoms with Crippen molar-refractivity contribution in [3.63, 3.8) is 0 Å². The van der Waals surface area contributed by atoms with Crippen LogP contribution in [0, 0.1) is 6.92 Å². The van der Waals surface area contributed by atoms with Crippen molar-refractivity contribution in [2.24, 2.45) is 0 Å². The quantitative estimate of drug-likeness (QED) is 0.538. The highest BCUT2D eigenvalue weighted by Gasteiger charge is 2.34. The van der Waals surface area contributed by atoms with Crippen LogP contribution in [0.1, 0.15) is 23.2 Å². The molecule has 0 saturated heterocycles. The fourth-order valence-corrected chi connectivity index (χ4v) is 1.37. The Labute approximate surface area is 86.9 Å². The first kappa shape index (κ1) is 12.2. The minimum absolute atomic E-state index is 0.225. The van der Waals surface area contributed by atoms with Gasteiger partial charge in [0.2, 0.25) is 0 Å². The summed E-state index contributed by atoms with van der Waals surface area (Å²) in [6, 6.07) is 0.549. The average molecular weight is 246 g/mol. The third-order valence-corrected chi connectivity index (χ3v) is 2.02. The van der Waals surface area contributed by atoms with Gasteiger partial charge in [-0.3, -0.25) is 0 Å². The average Bonchev–Trinajstić information content (AvgIpc) is 1.99. The van der Waals surface area contributed by atoms with Gasteiger partial charge in [-0.15, -0.1) is 0 Å². The third-order valence-electron chi connectivity index (χ3n) is 1.73. The molecule has 1 heterocycles. The number of aryl methyl sites for hydroxylation is 1. The topological polar surface area (TPSA) is 12.9 Å². The van der Waals surface area contributed by atoms with E-state index in [9.17, 15) is 22.0 Å². The van der Waals surface area contributed by atoms with Gasteiger partial charge in [0.15, 0.2) is 0 Å². The van der Waals surface area contributed by atoms with Crippen molar-refractivity contribution in [3.05, 3.63) is 28.0 Å². The van der Waals surface area contributed by atoms with Crippen LogP contribution in [0.15, 0.2) is 6.07 Å². The summed E-state index contributed by atoms with van der Waals surface area (Å²) in [6.45, 7) is 1.13. The third kappa shape index (κ3) is 2.56. The summed E-state index contributed by atoms with van der Waals surface area (Å²) in [4.78, 5) is 2.89. The second kappa shape index (κ2) is 3.92. The minimum atomic E-state index is -4.69. The van der Waals surface area contributed by atoms with E-state index in [0.717, 1.165) is 6.92 Å². The lowest BCUT2D eigenvalue weighted by molar-refractivity contribution is -0.141. The van der Waals surface area contributed by atoms with E-state index in [1.165, 1.54) is 0 Å². The molecule has 0 saturated carbocycles. The van der Waals surface area contributed by atoms with Crippen molar-refractivity contribution >= 4 is 11.6 Å². The molecule has 0 aliphatic rings. The molecule has 0 fully saturated rings. The van der Waals surface area contributed by atoms with E-state index in [0.29, 0.717) is 6.07 Å². The zero-order chi connectivity index (χ0) is 11.8. The highest BCUT2D eigenvalue weighted by molar-refractivity contribution is 6.30. The molecule has 1 aromatic rings. The molecule has 1 rings (SSSR count). The molecule has 7 heteroatoms. The number of hydrogen-bond donors (Lipinski definition) is 0. The van der Waals surface area contributed by atoms with E-state index < -0.39 is 29.0 Å². The maximum atomic E-state index is 12.3. The molecule has 0 aromatic carbocycles. The first-order chi connectivity index (χ1) is 6.73. The molecule has 84 valence electrons.